The first-order chi connectivity index (χ1) is 8.96. The second-order valence-corrected chi connectivity index (χ2v) is 6.23. The number of halogens is 1. The van der Waals surface area contributed by atoms with Crippen molar-refractivity contribution in [2.75, 3.05) is 0 Å². The Hall–Kier alpha value is -1.71. The van der Waals surface area contributed by atoms with Gasteiger partial charge in [-0.15, -0.1) is 0 Å². The first kappa shape index (κ1) is 12.3. The molecule has 1 aliphatic carbocycles. The van der Waals surface area contributed by atoms with Crippen LogP contribution in [0.15, 0.2) is 29.4 Å². The van der Waals surface area contributed by atoms with Crippen LogP contribution in [0.5, 0.6) is 0 Å². The van der Waals surface area contributed by atoms with Crippen LogP contribution >= 0.6 is 0 Å². The molecule has 3 rings (SSSR count). The summed E-state index contributed by atoms with van der Waals surface area (Å²) in [6, 6.07) is 6.26. The number of nitrogens with one attached hydrogen (secondary N) is 1. The summed E-state index contributed by atoms with van der Waals surface area (Å²) in [7, 11) is 0. The summed E-state index contributed by atoms with van der Waals surface area (Å²) in [5.41, 5.74) is 4.69. The van der Waals surface area contributed by atoms with E-state index in [2.05, 4.69) is 24.4 Å². The van der Waals surface area contributed by atoms with E-state index in [4.69, 9.17) is 0 Å². The lowest BCUT2D eigenvalue weighted by Crippen LogP contribution is -2.45. The summed E-state index contributed by atoms with van der Waals surface area (Å²) >= 11 is 0. The molecule has 1 aromatic rings. The van der Waals surface area contributed by atoms with Gasteiger partial charge < -0.3 is 5.43 Å². The van der Waals surface area contributed by atoms with Gasteiger partial charge in [-0.1, -0.05) is 26.0 Å². The standard InChI is InChI=1S/C15H17FN2O/c1-15(2)7-11-13(12(19)8-15)14(18-17-11)9-3-5-10(16)6-4-9/h3-6,11,13,17H,7-8H2,1-2H3/t11-,13+/m1/s1. The second-order valence-electron chi connectivity index (χ2n) is 6.23. The van der Waals surface area contributed by atoms with Gasteiger partial charge in [-0.25, -0.2) is 4.39 Å². The lowest BCUT2D eigenvalue weighted by Gasteiger charge is -2.36. The van der Waals surface area contributed by atoms with Crippen LogP contribution in [0, 0.1) is 17.2 Å². The first-order valence-electron chi connectivity index (χ1n) is 6.58. The third kappa shape index (κ3) is 2.15. The predicted octanol–water partition coefficient (Wildman–Crippen LogP) is 2.51. The molecule has 0 saturated heterocycles. The molecular formula is C15H17FN2O. The molecule has 2 atom stereocenters. The molecular weight excluding hydrogens is 243 g/mol. The largest absolute Gasteiger partial charge is 0.306 e. The van der Waals surface area contributed by atoms with Gasteiger partial charge in [0.1, 0.15) is 11.6 Å². The van der Waals surface area contributed by atoms with Crippen molar-refractivity contribution in [3.8, 4) is 0 Å². The van der Waals surface area contributed by atoms with Gasteiger partial charge in [-0.2, -0.15) is 5.10 Å². The fraction of sp³-hybridized carbons (Fsp3) is 0.467. The minimum Gasteiger partial charge on any atom is -0.306 e. The molecule has 0 unspecified atom stereocenters. The van der Waals surface area contributed by atoms with Crippen molar-refractivity contribution in [1.29, 1.82) is 0 Å². The maximum Gasteiger partial charge on any atom is 0.144 e. The van der Waals surface area contributed by atoms with Crippen LogP contribution in [0.3, 0.4) is 0 Å². The maximum atomic E-state index is 13.0. The van der Waals surface area contributed by atoms with Gasteiger partial charge in [0.2, 0.25) is 0 Å². The van der Waals surface area contributed by atoms with E-state index in [0.29, 0.717) is 6.42 Å². The monoisotopic (exact) mass is 260 g/mol. The molecule has 0 amide bonds. The van der Waals surface area contributed by atoms with Crippen LogP contribution in [0.1, 0.15) is 32.3 Å². The number of carbonyl (C=O) groups is 1. The second kappa shape index (κ2) is 4.15. The topological polar surface area (TPSA) is 41.5 Å². The van der Waals surface area contributed by atoms with Crippen molar-refractivity contribution in [3.63, 3.8) is 0 Å². The average Bonchev–Trinajstić information content (AvgIpc) is 2.72. The summed E-state index contributed by atoms with van der Waals surface area (Å²) in [6.45, 7) is 4.22. The zero-order valence-electron chi connectivity index (χ0n) is 11.1. The van der Waals surface area contributed by atoms with E-state index >= 15 is 0 Å². The van der Waals surface area contributed by atoms with Crippen molar-refractivity contribution in [3.05, 3.63) is 35.6 Å². The minimum atomic E-state index is -0.275. The predicted molar refractivity (Wildman–Crippen MR) is 71.4 cm³/mol. The zero-order valence-corrected chi connectivity index (χ0v) is 11.1. The quantitative estimate of drug-likeness (QED) is 0.843. The van der Waals surface area contributed by atoms with Crippen LogP contribution in [0.4, 0.5) is 4.39 Å². The van der Waals surface area contributed by atoms with Gasteiger partial charge in [0.05, 0.1) is 17.7 Å². The summed E-state index contributed by atoms with van der Waals surface area (Å²) in [6.07, 6.45) is 1.51. The van der Waals surface area contributed by atoms with Gasteiger partial charge in [-0.05, 0) is 29.5 Å². The number of hydrogen-bond acceptors (Lipinski definition) is 3. The fourth-order valence-electron chi connectivity index (χ4n) is 3.14. The molecule has 1 aliphatic heterocycles. The molecule has 1 fully saturated rings. The number of ketones is 1. The van der Waals surface area contributed by atoms with Crippen molar-refractivity contribution in [1.82, 2.24) is 5.43 Å². The molecule has 1 heterocycles. The molecule has 0 bridgehead atoms. The molecule has 0 aromatic heterocycles. The van der Waals surface area contributed by atoms with E-state index in [0.717, 1.165) is 17.7 Å². The van der Waals surface area contributed by atoms with Crippen molar-refractivity contribution in [2.24, 2.45) is 16.4 Å². The van der Waals surface area contributed by atoms with E-state index in [9.17, 15) is 9.18 Å². The highest BCUT2D eigenvalue weighted by Crippen LogP contribution is 2.39. The number of benzene rings is 1. The molecule has 2 aliphatic rings. The molecule has 1 N–H and O–H groups in total. The minimum absolute atomic E-state index is 0.0268. The highest BCUT2D eigenvalue weighted by atomic mass is 19.1. The lowest BCUT2D eigenvalue weighted by atomic mass is 9.68. The van der Waals surface area contributed by atoms with Crippen LogP contribution in [-0.4, -0.2) is 17.5 Å². The average molecular weight is 260 g/mol. The Kier molecular flexibility index (Phi) is 2.69. The van der Waals surface area contributed by atoms with Gasteiger partial charge >= 0.3 is 0 Å². The van der Waals surface area contributed by atoms with E-state index in [-0.39, 0.29) is 29.0 Å². The molecule has 4 heteroatoms. The van der Waals surface area contributed by atoms with Crippen molar-refractivity contribution >= 4 is 11.5 Å². The third-order valence-corrected chi connectivity index (χ3v) is 3.96. The summed E-state index contributed by atoms with van der Waals surface area (Å²) in [5, 5.41) is 4.32. The van der Waals surface area contributed by atoms with Gasteiger partial charge in [-0.3, -0.25) is 4.79 Å². The maximum absolute atomic E-state index is 13.0. The number of Topliss-reactive ketones (excluding diaryl/α,β-unsaturated/α-hetero) is 1. The van der Waals surface area contributed by atoms with Gasteiger partial charge in [0.15, 0.2) is 0 Å². The smallest absolute Gasteiger partial charge is 0.144 e. The fourth-order valence-corrected chi connectivity index (χ4v) is 3.14. The highest BCUT2D eigenvalue weighted by molar-refractivity contribution is 6.15. The number of carbonyl (C=O) groups excluding carboxylic acids is 1. The van der Waals surface area contributed by atoms with Crippen LogP contribution in [0.2, 0.25) is 0 Å². The molecule has 0 spiro atoms. The molecule has 1 saturated carbocycles. The van der Waals surface area contributed by atoms with E-state index in [1.54, 1.807) is 12.1 Å². The van der Waals surface area contributed by atoms with E-state index < -0.39 is 0 Å². The van der Waals surface area contributed by atoms with E-state index in [1.165, 1.54) is 12.1 Å². The normalized spacial score (nSPS) is 28.6. The molecule has 100 valence electrons. The van der Waals surface area contributed by atoms with Crippen molar-refractivity contribution < 1.29 is 9.18 Å². The molecule has 0 radical (unpaired) electrons. The van der Waals surface area contributed by atoms with Crippen LogP contribution < -0.4 is 5.43 Å². The zero-order chi connectivity index (χ0) is 13.6. The van der Waals surface area contributed by atoms with E-state index in [1.807, 2.05) is 0 Å². The van der Waals surface area contributed by atoms with Gasteiger partial charge in [0, 0.05) is 6.42 Å². The number of hydrazone groups is 1. The summed E-state index contributed by atoms with van der Waals surface area (Å²) in [5.74, 6) is -0.226. The molecule has 3 nitrogen and oxygen atoms in total. The Balaban J connectivity index is 1.90. The number of hydrogen-bond donors (Lipinski definition) is 1. The Morgan fingerprint density at radius 2 is 2.00 bits per heavy atom. The van der Waals surface area contributed by atoms with Gasteiger partial charge in [0.25, 0.3) is 0 Å². The summed E-state index contributed by atoms with van der Waals surface area (Å²) < 4.78 is 13.0. The first-order valence-corrected chi connectivity index (χ1v) is 6.58. The Labute approximate surface area is 111 Å². The highest BCUT2D eigenvalue weighted by Gasteiger charge is 2.46. The van der Waals surface area contributed by atoms with Crippen LogP contribution in [-0.2, 0) is 4.79 Å². The van der Waals surface area contributed by atoms with Crippen LogP contribution in [0.25, 0.3) is 0 Å². The Morgan fingerprint density at radius 3 is 2.68 bits per heavy atom. The Morgan fingerprint density at radius 1 is 1.32 bits per heavy atom. The molecule has 1 aromatic carbocycles. The lowest BCUT2D eigenvalue weighted by molar-refractivity contribution is -0.126. The number of rotatable bonds is 1. The van der Waals surface area contributed by atoms with Crippen molar-refractivity contribution in [2.45, 2.75) is 32.7 Å². The third-order valence-electron chi connectivity index (χ3n) is 3.96. The number of nitrogens with zero attached hydrogens (tertiary/aromatic N) is 1. The number of fused-ring (bicyclic) bond motifs is 1. The summed E-state index contributed by atoms with van der Waals surface area (Å²) in [4.78, 5) is 12.3. The SMILES string of the molecule is CC1(C)CC(=O)[C@H]2C(c3ccc(F)cc3)=NN[C@@H]2C1. The Bertz CT molecular complexity index is 548. The molecule has 19 heavy (non-hydrogen) atoms.